The molecule has 5 nitrogen and oxygen atoms in total. The van der Waals surface area contributed by atoms with Crippen molar-refractivity contribution >= 4 is 18.1 Å². The molecule has 24 heavy (non-hydrogen) atoms. The highest BCUT2D eigenvalue weighted by Gasteiger charge is 2.11. The van der Waals surface area contributed by atoms with Gasteiger partial charge in [-0.25, -0.2) is 0 Å². The second-order valence-corrected chi connectivity index (χ2v) is 5.67. The summed E-state index contributed by atoms with van der Waals surface area (Å²) in [4.78, 5) is 12.8. The van der Waals surface area contributed by atoms with Gasteiger partial charge in [0.1, 0.15) is 0 Å². The Hall–Kier alpha value is -1.95. The number of rotatable bonds is 8. The molecule has 2 N–H and O–H groups in total. The van der Waals surface area contributed by atoms with Crippen molar-refractivity contribution in [3.05, 3.63) is 75.3 Å². The maximum Gasteiger partial charge on any atom is 0.269 e. The Morgan fingerprint density at radius 2 is 1.83 bits per heavy atom. The van der Waals surface area contributed by atoms with E-state index in [0.29, 0.717) is 6.54 Å². The molecule has 2 aromatic rings. The van der Waals surface area contributed by atoms with Crippen LogP contribution in [0, 0.1) is 17.0 Å². The lowest BCUT2D eigenvalue weighted by atomic mass is 10.1. The van der Waals surface area contributed by atoms with Crippen molar-refractivity contribution in [1.29, 1.82) is 0 Å². The van der Waals surface area contributed by atoms with Crippen LogP contribution in [0.25, 0.3) is 0 Å². The van der Waals surface area contributed by atoms with Crippen LogP contribution in [-0.4, -0.2) is 29.5 Å². The molecule has 0 radical (unpaired) electrons. The van der Waals surface area contributed by atoms with Gasteiger partial charge in [0.25, 0.3) is 5.69 Å². The first-order valence-electron chi connectivity index (χ1n) is 7.80. The SMILES string of the molecule is Cc1cc([N+](=O)[O-])ccc1CN(CCN)CCc1ccccc1.Cl. The Labute approximate surface area is 149 Å². The third-order valence-electron chi connectivity index (χ3n) is 3.94. The number of aryl methyl sites for hydroxylation is 1. The van der Waals surface area contributed by atoms with Crippen LogP contribution >= 0.6 is 12.4 Å². The molecule has 0 aliphatic heterocycles. The monoisotopic (exact) mass is 349 g/mol. The van der Waals surface area contributed by atoms with Gasteiger partial charge in [0.2, 0.25) is 0 Å². The van der Waals surface area contributed by atoms with E-state index in [-0.39, 0.29) is 23.0 Å². The molecule has 0 unspecified atom stereocenters. The number of hydrogen-bond donors (Lipinski definition) is 1. The predicted molar refractivity (Wildman–Crippen MR) is 99.6 cm³/mol. The van der Waals surface area contributed by atoms with E-state index < -0.39 is 0 Å². The number of benzene rings is 2. The van der Waals surface area contributed by atoms with Crippen molar-refractivity contribution in [3.63, 3.8) is 0 Å². The number of nitro groups is 1. The van der Waals surface area contributed by atoms with Crippen LogP contribution in [0.4, 0.5) is 5.69 Å². The Kier molecular flexibility index (Phi) is 8.40. The minimum absolute atomic E-state index is 0. The van der Waals surface area contributed by atoms with Crippen molar-refractivity contribution < 1.29 is 4.92 Å². The third kappa shape index (κ3) is 5.92. The summed E-state index contributed by atoms with van der Waals surface area (Å²) in [7, 11) is 0. The lowest BCUT2D eigenvalue weighted by Gasteiger charge is -2.22. The van der Waals surface area contributed by atoms with Crippen LogP contribution in [-0.2, 0) is 13.0 Å². The highest BCUT2D eigenvalue weighted by molar-refractivity contribution is 5.85. The van der Waals surface area contributed by atoms with Crippen LogP contribution in [0.15, 0.2) is 48.5 Å². The first-order chi connectivity index (χ1) is 11.1. The van der Waals surface area contributed by atoms with Crippen LogP contribution in [0.5, 0.6) is 0 Å². The van der Waals surface area contributed by atoms with Gasteiger partial charge in [-0.3, -0.25) is 15.0 Å². The first kappa shape index (κ1) is 20.1. The number of halogens is 1. The minimum atomic E-state index is -0.357. The fourth-order valence-electron chi connectivity index (χ4n) is 2.60. The molecule has 0 saturated heterocycles. The summed E-state index contributed by atoms with van der Waals surface area (Å²) < 4.78 is 0. The molecule has 0 saturated carbocycles. The first-order valence-corrected chi connectivity index (χ1v) is 7.80. The highest BCUT2D eigenvalue weighted by atomic mass is 35.5. The van der Waals surface area contributed by atoms with Crippen molar-refractivity contribution in [2.24, 2.45) is 5.73 Å². The number of non-ortho nitro benzene ring substituents is 1. The van der Waals surface area contributed by atoms with Gasteiger partial charge in [0, 0.05) is 38.3 Å². The molecule has 0 fully saturated rings. The van der Waals surface area contributed by atoms with Crippen LogP contribution < -0.4 is 5.73 Å². The molecule has 0 atom stereocenters. The fraction of sp³-hybridized carbons (Fsp3) is 0.333. The zero-order chi connectivity index (χ0) is 16.7. The smallest absolute Gasteiger partial charge is 0.269 e. The summed E-state index contributed by atoms with van der Waals surface area (Å²) in [6, 6.07) is 15.4. The average molecular weight is 350 g/mol. The van der Waals surface area contributed by atoms with Crippen molar-refractivity contribution in [1.82, 2.24) is 4.90 Å². The van der Waals surface area contributed by atoms with Gasteiger partial charge in [-0.2, -0.15) is 0 Å². The van der Waals surface area contributed by atoms with Gasteiger partial charge in [0.05, 0.1) is 4.92 Å². The standard InChI is InChI=1S/C18H23N3O2.ClH/c1-15-13-18(21(22)23)8-7-17(15)14-20(12-10-19)11-9-16-5-3-2-4-6-16;/h2-8,13H,9-12,14,19H2,1H3;1H. The van der Waals surface area contributed by atoms with Gasteiger partial charge in [-0.05, 0) is 30.0 Å². The molecular formula is C18H24ClN3O2. The van der Waals surface area contributed by atoms with Crippen molar-refractivity contribution in [3.8, 4) is 0 Å². The molecule has 0 heterocycles. The van der Waals surface area contributed by atoms with E-state index in [1.807, 2.05) is 31.2 Å². The Balaban J connectivity index is 0.00000288. The van der Waals surface area contributed by atoms with E-state index >= 15 is 0 Å². The average Bonchev–Trinajstić information content (AvgIpc) is 2.55. The normalized spacial score (nSPS) is 10.5. The zero-order valence-corrected chi connectivity index (χ0v) is 14.7. The third-order valence-corrected chi connectivity index (χ3v) is 3.94. The second kappa shape index (κ2) is 10.0. The van der Waals surface area contributed by atoms with Gasteiger partial charge in [-0.15, -0.1) is 12.4 Å². The molecule has 0 spiro atoms. The molecule has 130 valence electrons. The molecule has 2 rings (SSSR count). The summed E-state index contributed by atoms with van der Waals surface area (Å²) >= 11 is 0. The maximum atomic E-state index is 10.8. The van der Waals surface area contributed by atoms with E-state index in [4.69, 9.17) is 5.73 Å². The molecule has 2 aromatic carbocycles. The summed E-state index contributed by atoms with van der Waals surface area (Å²) in [5.74, 6) is 0. The summed E-state index contributed by atoms with van der Waals surface area (Å²) in [5, 5.41) is 10.8. The molecule has 6 heteroatoms. The van der Waals surface area contributed by atoms with Gasteiger partial charge in [-0.1, -0.05) is 36.4 Å². The molecule has 0 aromatic heterocycles. The lowest BCUT2D eigenvalue weighted by molar-refractivity contribution is -0.384. The van der Waals surface area contributed by atoms with E-state index in [0.717, 1.165) is 37.2 Å². The molecule has 0 amide bonds. The number of hydrogen-bond acceptors (Lipinski definition) is 4. The van der Waals surface area contributed by atoms with Gasteiger partial charge in [0.15, 0.2) is 0 Å². The van der Waals surface area contributed by atoms with E-state index in [2.05, 4.69) is 17.0 Å². The second-order valence-electron chi connectivity index (χ2n) is 5.67. The van der Waals surface area contributed by atoms with Gasteiger partial charge < -0.3 is 5.73 Å². The number of nitrogens with two attached hydrogens (primary N) is 1. The minimum Gasteiger partial charge on any atom is -0.329 e. The molecule has 0 aliphatic carbocycles. The molecule has 0 bridgehead atoms. The number of nitrogens with zero attached hydrogens (tertiary/aromatic N) is 2. The predicted octanol–water partition coefficient (Wildman–Crippen LogP) is 3.33. The van der Waals surface area contributed by atoms with Crippen LogP contribution in [0.2, 0.25) is 0 Å². The summed E-state index contributed by atoms with van der Waals surface area (Å²) in [5.41, 5.74) is 9.22. The molecule has 0 aliphatic rings. The van der Waals surface area contributed by atoms with E-state index in [1.165, 1.54) is 5.56 Å². The highest BCUT2D eigenvalue weighted by Crippen LogP contribution is 2.18. The summed E-state index contributed by atoms with van der Waals surface area (Å²) in [6.07, 6.45) is 0.965. The van der Waals surface area contributed by atoms with Crippen LogP contribution in [0.3, 0.4) is 0 Å². The van der Waals surface area contributed by atoms with Gasteiger partial charge >= 0.3 is 0 Å². The fourth-order valence-corrected chi connectivity index (χ4v) is 2.60. The van der Waals surface area contributed by atoms with Crippen molar-refractivity contribution in [2.75, 3.05) is 19.6 Å². The Bertz CT molecular complexity index is 650. The molecular weight excluding hydrogens is 326 g/mol. The topological polar surface area (TPSA) is 72.4 Å². The van der Waals surface area contributed by atoms with Crippen molar-refractivity contribution in [2.45, 2.75) is 19.9 Å². The number of nitro benzene ring substituents is 1. The van der Waals surface area contributed by atoms with E-state index in [9.17, 15) is 10.1 Å². The summed E-state index contributed by atoms with van der Waals surface area (Å²) in [6.45, 7) is 5.00. The van der Waals surface area contributed by atoms with Crippen LogP contribution in [0.1, 0.15) is 16.7 Å². The zero-order valence-electron chi connectivity index (χ0n) is 13.9. The quantitative estimate of drug-likeness (QED) is 0.586. The maximum absolute atomic E-state index is 10.8. The largest absolute Gasteiger partial charge is 0.329 e. The van der Waals surface area contributed by atoms with E-state index in [1.54, 1.807) is 12.1 Å². The lowest BCUT2D eigenvalue weighted by Crippen LogP contribution is -2.31. The Morgan fingerprint density at radius 3 is 2.42 bits per heavy atom. The Morgan fingerprint density at radius 1 is 1.12 bits per heavy atom.